The average molecular weight is 246 g/mol. The smallest absolute Gasteiger partial charge is 0.0344 e. The van der Waals surface area contributed by atoms with E-state index in [9.17, 15) is 0 Å². The van der Waals surface area contributed by atoms with Crippen LogP contribution in [0.25, 0.3) is 0 Å². The van der Waals surface area contributed by atoms with Crippen molar-refractivity contribution in [1.82, 2.24) is 10.2 Å². The van der Waals surface area contributed by atoms with E-state index in [1.54, 1.807) is 0 Å². The summed E-state index contributed by atoms with van der Waals surface area (Å²) in [5.74, 6) is 0.624. The van der Waals surface area contributed by atoms with Crippen LogP contribution < -0.4 is 5.32 Å². The zero-order valence-electron chi connectivity index (χ0n) is 11.9. The van der Waals surface area contributed by atoms with Crippen LogP contribution in [0.1, 0.15) is 38.3 Å². The van der Waals surface area contributed by atoms with E-state index in [0.717, 1.165) is 12.6 Å². The summed E-state index contributed by atoms with van der Waals surface area (Å²) < 4.78 is 0. The van der Waals surface area contributed by atoms with Gasteiger partial charge in [-0.25, -0.2) is 0 Å². The van der Waals surface area contributed by atoms with Gasteiger partial charge in [-0.15, -0.1) is 0 Å². The number of nitrogens with one attached hydrogen (secondary N) is 1. The van der Waals surface area contributed by atoms with Crippen molar-refractivity contribution >= 4 is 0 Å². The van der Waals surface area contributed by atoms with Gasteiger partial charge in [0, 0.05) is 18.6 Å². The number of rotatable bonds is 5. The second-order valence-corrected chi connectivity index (χ2v) is 5.82. The Labute approximate surface area is 111 Å². The van der Waals surface area contributed by atoms with Crippen molar-refractivity contribution in [1.29, 1.82) is 0 Å². The van der Waals surface area contributed by atoms with Crippen LogP contribution in [-0.4, -0.2) is 31.1 Å². The Morgan fingerprint density at radius 2 is 2.00 bits per heavy atom. The van der Waals surface area contributed by atoms with Crippen molar-refractivity contribution < 1.29 is 0 Å². The van der Waals surface area contributed by atoms with Crippen LogP contribution >= 0.6 is 0 Å². The fourth-order valence-corrected chi connectivity index (χ4v) is 2.90. The second-order valence-electron chi connectivity index (χ2n) is 5.82. The SMILES string of the molecule is CC(C)C(NCC1CCCN1C)c1ccccc1. The lowest BCUT2D eigenvalue weighted by molar-refractivity contribution is 0.279. The molecule has 1 aromatic carbocycles. The number of likely N-dealkylation sites (N-methyl/N-ethyl adjacent to an activating group) is 1. The molecule has 18 heavy (non-hydrogen) atoms. The van der Waals surface area contributed by atoms with E-state index in [4.69, 9.17) is 0 Å². The normalized spacial score (nSPS) is 22.6. The van der Waals surface area contributed by atoms with Crippen molar-refractivity contribution in [2.45, 2.75) is 38.8 Å². The van der Waals surface area contributed by atoms with E-state index in [-0.39, 0.29) is 0 Å². The minimum atomic E-state index is 0.472. The monoisotopic (exact) mass is 246 g/mol. The molecule has 0 spiro atoms. The summed E-state index contributed by atoms with van der Waals surface area (Å²) in [5, 5.41) is 3.77. The molecule has 1 heterocycles. The van der Waals surface area contributed by atoms with Crippen molar-refractivity contribution in [3.8, 4) is 0 Å². The molecule has 1 aromatic rings. The Kier molecular flexibility index (Phi) is 4.79. The van der Waals surface area contributed by atoms with Gasteiger partial charge in [0.2, 0.25) is 0 Å². The summed E-state index contributed by atoms with van der Waals surface area (Å²) in [6.07, 6.45) is 2.68. The maximum atomic E-state index is 3.77. The first-order valence-corrected chi connectivity index (χ1v) is 7.17. The zero-order valence-corrected chi connectivity index (χ0v) is 11.9. The van der Waals surface area contributed by atoms with Crippen molar-refractivity contribution in [2.75, 3.05) is 20.1 Å². The fourth-order valence-electron chi connectivity index (χ4n) is 2.90. The van der Waals surface area contributed by atoms with E-state index in [1.165, 1.54) is 24.9 Å². The molecule has 0 aliphatic carbocycles. The Bertz CT molecular complexity index is 347. The van der Waals surface area contributed by atoms with Crippen LogP contribution in [-0.2, 0) is 0 Å². The molecule has 1 fully saturated rings. The molecule has 2 heteroatoms. The molecule has 2 unspecified atom stereocenters. The van der Waals surface area contributed by atoms with Gasteiger partial charge in [0.05, 0.1) is 0 Å². The summed E-state index contributed by atoms with van der Waals surface area (Å²) in [6, 6.07) is 12.0. The molecule has 0 aromatic heterocycles. The van der Waals surface area contributed by atoms with Gasteiger partial charge >= 0.3 is 0 Å². The van der Waals surface area contributed by atoms with Gasteiger partial charge in [-0.3, -0.25) is 0 Å². The van der Waals surface area contributed by atoms with Gasteiger partial charge in [-0.1, -0.05) is 44.2 Å². The predicted octanol–water partition coefficient (Wildman–Crippen LogP) is 3.07. The summed E-state index contributed by atoms with van der Waals surface area (Å²) in [4.78, 5) is 2.48. The molecule has 1 N–H and O–H groups in total. The van der Waals surface area contributed by atoms with Gasteiger partial charge < -0.3 is 10.2 Å². The number of likely N-dealkylation sites (tertiary alicyclic amines) is 1. The van der Waals surface area contributed by atoms with Crippen molar-refractivity contribution in [2.24, 2.45) is 5.92 Å². The van der Waals surface area contributed by atoms with Gasteiger partial charge in [0.15, 0.2) is 0 Å². The lowest BCUT2D eigenvalue weighted by Crippen LogP contribution is -2.38. The number of hydrogen-bond donors (Lipinski definition) is 1. The van der Waals surface area contributed by atoms with Gasteiger partial charge in [-0.05, 0) is 37.9 Å². The quantitative estimate of drug-likeness (QED) is 0.859. The molecule has 100 valence electrons. The first-order chi connectivity index (χ1) is 8.68. The van der Waals surface area contributed by atoms with Gasteiger partial charge in [-0.2, -0.15) is 0 Å². The molecule has 0 radical (unpaired) electrons. The Morgan fingerprint density at radius 3 is 2.56 bits per heavy atom. The van der Waals surface area contributed by atoms with Crippen LogP contribution in [0.3, 0.4) is 0 Å². The highest BCUT2D eigenvalue weighted by atomic mass is 15.2. The number of nitrogens with zero attached hydrogens (tertiary/aromatic N) is 1. The molecule has 0 saturated carbocycles. The standard InChI is InChI=1S/C16H26N2/c1-13(2)16(14-8-5-4-6-9-14)17-12-15-10-7-11-18(15)3/h4-6,8-9,13,15-17H,7,10-12H2,1-3H3. The topological polar surface area (TPSA) is 15.3 Å². The maximum absolute atomic E-state index is 3.77. The summed E-state index contributed by atoms with van der Waals surface area (Å²) in [6.45, 7) is 6.95. The Morgan fingerprint density at radius 1 is 1.28 bits per heavy atom. The van der Waals surface area contributed by atoms with Gasteiger partial charge in [0.1, 0.15) is 0 Å². The largest absolute Gasteiger partial charge is 0.308 e. The van der Waals surface area contributed by atoms with E-state index in [1.807, 2.05) is 0 Å². The van der Waals surface area contributed by atoms with Crippen LogP contribution in [0.2, 0.25) is 0 Å². The highest BCUT2D eigenvalue weighted by Crippen LogP contribution is 2.22. The highest BCUT2D eigenvalue weighted by molar-refractivity contribution is 5.19. The Hall–Kier alpha value is -0.860. The molecule has 0 bridgehead atoms. The van der Waals surface area contributed by atoms with E-state index >= 15 is 0 Å². The molecule has 2 atom stereocenters. The molecule has 2 nitrogen and oxygen atoms in total. The second kappa shape index (κ2) is 6.35. The molecule has 0 amide bonds. The van der Waals surface area contributed by atoms with Crippen LogP contribution in [0.5, 0.6) is 0 Å². The molecular weight excluding hydrogens is 220 g/mol. The third-order valence-electron chi connectivity index (χ3n) is 4.07. The third kappa shape index (κ3) is 3.33. The third-order valence-corrected chi connectivity index (χ3v) is 4.07. The first kappa shape index (κ1) is 13.6. The van der Waals surface area contributed by atoms with Crippen molar-refractivity contribution in [3.63, 3.8) is 0 Å². The van der Waals surface area contributed by atoms with Crippen LogP contribution in [0.15, 0.2) is 30.3 Å². The van der Waals surface area contributed by atoms with Gasteiger partial charge in [0.25, 0.3) is 0 Å². The molecular formula is C16H26N2. The molecule has 1 saturated heterocycles. The molecule has 1 aliphatic rings. The molecule has 2 rings (SSSR count). The average Bonchev–Trinajstić information content (AvgIpc) is 2.76. The zero-order chi connectivity index (χ0) is 13.0. The summed E-state index contributed by atoms with van der Waals surface area (Å²) in [5.41, 5.74) is 1.41. The van der Waals surface area contributed by atoms with Crippen LogP contribution in [0, 0.1) is 5.92 Å². The van der Waals surface area contributed by atoms with Crippen molar-refractivity contribution in [3.05, 3.63) is 35.9 Å². The highest BCUT2D eigenvalue weighted by Gasteiger charge is 2.23. The van der Waals surface area contributed by atoms with E-state index in [0.29, 0.717) is 12.0 Å². The Balaban J connectivity index is 1.95. The summed E-state index contributed by atoms with van der Waals surface area (Å²) >= 11 is 0. The molecule has 1 aliphatic heterocycles. The minimum Gasteiger partial charge on any atom is -0.308 e. The van der Waals surface area contributed by atoms with Crippen LogP contribution in [0.4, 0.5) is 0 Å². The number of hydrogen-bond acceptors (Lipinski definition) is 2. The lowest BCUT2D eigenvalue weighted by atomic mass is 9.96. The predicted molar refractivity (Wildman–Crippen MR) is 77.7 cm³/mol. The lowest BCUT2D eigenvalue weighted by Gasteiger charge is -2.27. The number of benzene rings is 1. The first-order valence-electron chi connectivity index (χ1n) is 7.17. The minimum absolute atomic E-state index is 0.472. The van der Waals surface area contributed by atoms with E-state index in [2.05, 4.69) is 61.4 Å². The van der Waals surface area contributed by atoms with E-state index < -0.39 is 0 Å². The maximum Gasteiger partial charge on any atom is 0.0344 e. The fraction of sp³-hybridized carbons (Fsp3) is 0.625. The summed E-state index contributed by atoms with van der Waals surface area (Å²) in [7, 11) is 2.24.